The summed E-state index contributed by atoms with van der Waals surface area (Å²) in [6.07, 6.45) is 0.600. The summed E-state index contributed by atoms with van der Waals surface area (Å²) >= 11 is 0. The van der Waals surface area contributed by atoms with Crippen LogP contribution in [-0.4, -0.2) is 49.9 Å². The van der Waals surface area contributed by atoms with Gasteiger partial charge >= 0.3 is 6.09 Å². The summed E-state index contributed by atoms with van der Waals surface area (Å²) in [6, 6.07) is 10.3. The van der Waals surface area contributed by atoms with Crippen LogP contribution in [0.25, 0.3) is 0 Å². The molecule has 22 heavy (non-hydrogen) atoms. The minimum atomic E-state index is -0.250. The van der Waals surface area contributed by atoms with E-state index in [4.69, 9.17) is 9.47 Å². The fraction of sp³-hybridized carbons (Fsp3) is 0.562. The van der Waals surface area contributed by atoms with Crippen LogP contribution in [0.15, 0.2) is 30.3 Å². The summed E-state index contributed by atoms with van der Waals surface area (Å²) in [7, 11) is 1.93. The summed E-state index contributed by atoms with van der Waals surface area (Å²) in [5.41, 5.74) is 1.14. The lowest BCUT2D eigenvalue weighted by atomic mass is 10.0. The van der Waals surface area contributed by atoms with Crippen molar-refractivity contribution in [3.05, 3.63) is 35.9 Å². The minimum absolute atomic E-state index is 0. The molecule has 1 aliphatic rings. The average Bonchev–Trinajstić information content (AvgIpc) is 2.54. The van der Waals surface area contributed by atoms with Crippen LogP contribution in [-0.2, 0) is 16.1 Å². The van der Waals surface area contributed by atoms with E-state index in [0.29, 0.717) is 26.3 Å². The van der Waals surface area contributed by atoms with Crippen molar-refractivity contribution in [1.82, 2.24) is 10.2 Å². The Labute approximate surface area is 138 Å². The van der Waals surface area contributed by atoms with Crippen LogP contribution in [0.2, 0.25) is 0 Å². The van der Waals surface area contributed by atoms with Gasteiger partial charge in [-0.05, 0) is 26.0 Å². The van der Waals surface area contributed by atoms with Gasteiger partial charge in [0.25, 0.3) is 0 Å². The quantitative estimate of drug-likeness (QED) is 0.902. The molecular weight excluding hydrogens is 304 g/mol. The monoisotopic (exact) mass is 328 g/mol. The molecule has 124 valence electrons. The molecule has 2 atom stereocenters. The highest BCUT2D eigenvalue weighted by Crippen LogP contribution is 2.16. The SMILES string of the molecule is CCOC(=O)N1CCC(NC)C(OCc2ccccc2)C1.Cl. The van der Waals surface area contributed by atoms with Crippen LogP contribution in [0.4, 0.5) is 4.79 Å². The Bertz CT molecular complexity index is 444. The Morgan fingerprint density at radius 3 is 2.73 bits per heavy atom. The molecule has 0 aliphatic carbocycles. The number of benzene rings is 1. The molecular formula is C16H25ClN2O3. The number of carbonyl (C=O) groups excluding carboxylic acids is 1. The van der Waals surface area contributed by atoms with Gasteiger partial charge in [0.15, 0.2) is 0 Å². The number of piperidine rings is 1. The van der Waals surface area contributed by atoms with Gasteiger partial charge in [0.1, 0.15) is 0 Å². The van der Waals surface area contributed by atoms with Crippen LogP contribution in [0.1, 0.15) is 18.9 Å². The van der Waals surface area contributed by atoms with E-state index < -0.39 is 0 Å². The van der Waals surface area contributed by atoms with Gasteiger partial charge < -0.3 is 19.7 Å². The first-order chi connectivity index (χ1) is 10.2. The highest BCUT2D eigenvalue weighted by Gasteiger charge is 2.31. The maximum Gasteiger partial charge on any atom is 0.409 e. The van der Waals surface area contributed by atoms with Gasteiger partial charge in [-0.15, -0.1) is 12.4 Å². The highest BCUT2D eigenvalue weighted by molar-refractivity contribution is 5.85. The summed E-state index contributed by atoms with van der Waals surface area (Å²) in [5.74, 6) is 0. The standard InChI is InChI=1S/C16H24N2O3.ClH/c1-3-20-16(19)18-10-9-14(17-2)15(11-18)21-12-13-7-5-4-6-8-13;/h4-8,14-15,17H,3,9-12H2,1-2H3;1H. The molecule has 6 heteroatoms. The molecule has 2 rings (SSSR count). The van der Waals surface area contributed by atoms with Gasteiger partial charge in [0, 0.05) is 12.6 Å². The van der Waals surface area contributed by atoms with Crippen LogP contribution in [0.5, 0.6) is 0 Å². The molecule has 1 saturated heterocycles. The van der Waals surface area contributed by atoms with E-state index in [2.05, 4.69) is 5.32 Å². The highest BCUT2D eigenvalue weighted by atomic mass is 35.5. The van der Waals surface area contributed by atoms with E-state index in [1.807, 2.05) is 44.3 Å². The smallest absolute Gasteiger partial charge is 0.409 e. The predicted molar refractivity (Wildman–Crippen MR) is 88.3 cm³/mol. The number of amides is 1. The molecule has 1 amide bonds. The molecule has 1 fully saturated rings. The van der Waals surface area contributed by atoms with E-state index in [9.17, 15) is 4.79 Å². The zero-order chi connectivity index (χ0) is 15.1. The van der Waals surface area contributed by atoms with Gasteiger partial charge in [-0.1, -0.05) is 30.3 Å². The minimum Gasteiger partial charge on any atom is -0.450 e. The first-order valence-corrected chi connectivity index (χ1v) is 7.49. The van der Waals surface area contributed by atoms with Gasteiger partial charge in [0.2, 0.25) is 0 Å². The first kappa shape index (κ1) is 18.7. The van der Waals surface area contributed by atoms with Crippen molar-refractivity contribution in [2.45, 2.75) is 32.1 Å². The molecule has 2 unspecified atom stereocenters. The summed E-state index contributed by atoms with van der Waals surface area (Å²) in [4.78, 5) is 13.6. The topological polar surface area (TPSA) is 50.8 Å². The van der Waals surface area contributed by atoms with E-state index in [-0.39, 0.29) is 30.6 Å². The normalized spacial score (nSPS) is 21.1. The summed E-state index contributed by atoms with van der Waals surface area (Å²) in [6.45, 7) is 4.05. The lowest BCUT2D eigenvalue weighted by Gasteiger charge is -2.37. The number of carbonyl (C=O) groups is 1. The number of hydrogen-bond donors (Lipinski definition) is 1. The molecule has 1 aromatic carbocycles. The van der Waals surface area contributed by atoms with E-state index >= 15 is 0 Å². The van der Waals surface area contributed by atoms with E-state index in [1.165, 1.54) is 0 Å². The number of nitrogens with one attached hydrogen (secondary N) is 1. The van der Waals surface area contributed by atoms with Crippen molar-refractivity contribution in [2.75, 3.05) is 26.7 Å². The second-order valence-electron chi connectivity index (χ2n) is 5.16. The molecule has 0 spiro atoms. The molecule has 0 saturated carbocycles. The molecule has 0 aromatic heterocycles. The Balaban J connectivity index is 0.00000242. The van der Waals surface area contributed by atoms with Crippen molar-refractivity contribution in [3.8, 4) is 0 Å². The molecule has 0 bridgehead atoms. The second kappa shape index (κ2) is 9.66. The number of likely N-dealkylation sites (N-methyl/N-ethyl adjacent to an activating group) is 1. The van der Waals surface area contributed by atoms with Gasteiger partial charge in [-0.2, -0.15) is 0 Å². The third-order valence-electron chi connectivity index (χ3n) is 3.76. The lowest BCUT2D eigenvalue weighted by molar-refractivity contribution is -0.0280. The van der Waals surface area contributed by atoms with Gasteiger partial charge in [-0.25, -0.2) is 4.79 Å². The fourth-order valence-corrected chi connectivity index (χ4v) is 2.57. The zero-order valence-corrected chi connectivity index (χ0v) is 14.0. The van der Waals surface area contributed by atoms with Crippen molar-refractivity contribution in [1.29, 1.82) is 0 Å². The number of ether oxygens (including phenoxy) is 2. The Hall–Kier alpha value is -1.30. The van der Waals surface area contributed by atoms with Crippen LogP contribution < -0.4 is 5.32 Å². The Morgan fingerprint density at radius 2 is 2.09 bits per heavy atom. The van der Waals surface area contributed by atoms with Crippen LogP contribution in [0, 0.1) is 0 Å². The molecule has 1 aromatic rings. The van der Waals surface area contributed by atoms with E-state index in [0.717, 1.165) is 12.0 Å². The van der Waals surface area contributed by atoms with E-state index in [1.54, 1.807) is 4.90 Å². The maximum absolute atomic E-state index is 11.8. The van der Waals surface area contributed by atoms with Gasteiger partial charge in [0.05, 0.1) is 25.9 Å². The average molecular weight is 329 g/mol. The van der Waals surface area contributed by atoms with Crippen molar-refractivity contribution >= 4 is 18.5 Å². The molecule has 1 aliphatic heterocycles. The summed E-state index contributed by atoms with van der Waals surface area (Å²) < 4.78 is 11.1. The third kappa shape index (κ3) is 5.16. The Morgan fingerprint density at radius 1 is 1.36 bits per heavy atom. The van der Waals surface area contributed by atoms with Crippen molar-refractivity contribution in [2.24, 2.45) is 0 Å². The molecule has 1 N–H and O–H groups in total. The fourth-order valence-electron chi connectivity index (χ4n) is 2.57. The number of nitrogens with zero attached hydrogens (tertiary/aromatic N) is 1. The number of likely N-dealkylation sites (tertiary alicyclic amines) is 1. The van der Waals surface area contributed by atoms with Crippen molar-refractivity contribution < 1.29 is 14.3 Å². The number of hydrogen-bond acceptors (Lipinski definition) is 4. The molecule has 0 radical (unpaired) electrons. The third-order valence-corrected chi connectivity index (χ3v) is 3.76. The predicted octanol–water partition coefficient (Wildman–Crippen LogP) is 2.44. The second-order valence-corrected chi connectivity index (χ2v) is 5.16. The van der Waals surface area contributed by atoms with Gasteiger partial charge in [-0.3, -0.25) is 0 Å². The number of rotatable bonds is 5. The lowest BCUT2D eigenvalue weighted by Crippen LogP contribution is -2.54. The number of halogens is 1. The maximum atomic E-state index is 11.8. The van der Waals surface area contributed by atoms with Crippen molar-refractivity contribution in [3.63, 3.8) is 0 Å². The largest absolute Gasteiger partial charge is 0.450 e. The zero-order valence-electron chi connectivity index (χ0n) is 13.2. The summed E-state index contributed by atoms with van der Waals surface area (Å²) in [5, 5.41) is 3.28. The van der Waals surface area contributed by atoms with Crippen LogP contribution in [0.3, 0.4) is 0 Å². The Kier molecular flexibility index (Phi) is 8.24. The van der Waals surface area contributed by atoms with Crippen LogP contribution >= 0.6 is 12.4 Å². The molecule has 5 nitrogen and oxygen atoms in total. The first-order valence-electron chi connectivity index (χ1n) is 7.49. The molecule has 1 heterocycles.